The highest BCUT2D eigenvalue weighted by molar-refractivity contribution is 7.92. The fourth-order valence-electron chi connectivity index (χ4n) is 3.28. The number of amides is 1. The van der Waals surface area contributed by atoms with Crippen molar-refractivity contribution in [2.24, 2.45) is 0 Å². The molecule has 1 aliphatic heterocycles. The van der Waals surface area contributed by atoms with Gasteiger partial charge in [0.05, 0.1) is 10.5 Å². The van der Waals surface area contributed by atoms with Crippen LogP contribution in [-0.2, 0) is 19.6 Å². The summed E-state index contributed by atoms with van der Waals surface area (Å²) in [7, 11) is -3.99. The summed E-state index contributed by atoms with van der Waals surface area (Å²) in [6.07, 6.45) is 2.91. The molecule has 1 amide bonds. The van der Waals surface area contributed by atoms with Crippen molar-refractivity contribution in [1.29, 1.82) is 0 Å². The maximum Gasteiger partial charge on any atom is 0.338 e. The third-order valence-corrected chi connectivity index (χ3v) is 6.31. The summed E-state index contributed by atoms with van der Waals surface area (Å²) in [4.78, 5) is 26.2. The lowest BCUT2D eigenvalue weighted by atomic mass is 10.0. The van der Waals surface area contributed by atoms with Crippen LogP contribution in [0.4, 0.5) is 10.1 Å². The van der Waals surface area contributed by atoms with Crippen molar-refractivity contribution < 1.29 is 27.1 Å². The van der Waals surface area contributed by atoms with Crippen LogP contribution in [0.2, 0.25) is 0 Å². The van der Waals surface area contributed by atoms with E-state index in [0.717, 1.165) is 31.4 Å². The quantitative estimate of drug-likeness (QED) is 0.705. The van der Waals surface area contributed by atoms with Gasteiger partial charge in [-0.25, -0.2) is 17.6 Å². The SMILES string of the molecule is CC1CCCCN1C(=O)COC(=O)c1cccc(S(=O)(=O)Nc2ccc(F)cc2)c1. The number of sulfonamides is 1. The van der Waals surface area contributed by atoms with Crippen molar-refractivity contribution in [1.82, 2.24) is 4.90 Å². The molecule has 1 aliphatic rings. The molecule has 1 N–H and O–H groups in total. The number of anilines is 1. The number of hydrogen-bond acceptors (Lipinski definition) is 5. The van der Waals surface area contributed by atoms with Crippen LogP contribution < -0.4 is 4.72 Å². The maximum atomic E-state index is 13.0. The average molecular weight is 434 g/mol. The molecular formula is C21H23FN2O5S. The maximum absolute atomic E-state index is 13.0. The molecule has 0 spiro atoms. The van der Waals surface area contributed by atoms with Gasteiger partial charge in [-0.15, -0.1) is 0 Å². The van der Waals surface area contributed by atoms with Gasteiger partial charge in [-0.3, -0.25) is 9.52 Å². The average Bonchev–Trinajstić information content (AvgIpc) is 2.73. The molecule has 1 atom stereocenters. The van der Waals surface area contributed by atoms with E-state index in [1.165, 1.54) is 36.4 Å². The Morgan fingerprint density at radius 3 is 2.60 bits per heavy atom. The predicted octanol–water partition coefficient (Wildman–Crippen LogP) is 3.18. The highest BCUT2D eigenvalue weighted by atomic mass is 32.2. The van der Waals surface area contributed by atoms with Crippen molar-refractivity contribution in [2.75, 3.05) is 17.9 Å². The second kappa shape index (κ2) is 9.25. The highest BCUT2D eigenvalue weighted by Crippen LogP contribution is 2.19. The van der Waals surface area contributed by atoms with E-state index >= 15 is 0 Å². The zero-order valence-electron chi connectivity index (χ0n) is 16.5. The smallest absolute Gasteiger partial charge is 0.338 e. The third-order valence-electron chi connectivity index (χ3n) is 4.93. The molecule has 30 heavy (non-hydrogen) atoms. The number of piperidine rings is 1. The van der Waals surface area contributed by atoms with Gasteiger partial charge < -0.3 is 9.64 Å². The van der Waals surface area contributed by atoms with Gasteiger partial charge >= 0.3 is 5.97 Å². The fraction of sp³-hybridized carbons (Fsp3) is 0.333. The van der Waals surface area contributed by atoms with Crippen molar-refractivity contribution in [3.63, 3.8) is 0 Å². The zero-order valence-corrected chi connectivity index (χ0v) is 17.3. The summed E-state index contributed by atoms with van der Waals surface area (Å²) >= 11 is 0. The number of nitrogens with one attached hydrogen (secondary N) is 1. The first kappa shape index (κ1) is 21.8. The predicted molar refractivity (Wildman–Crippen MR) is 109 cm³/mol. The molecule has 3 rings (SSSR count). The number of carbonyl (C=O) groups is 2. The monoisotopic (exact) mass is 434 g/mol. The molecule has 0 saturated carbocycles. The van der Waals surface area contributed by atoms with Crippen molar-refractivity contribution in [2.45, 2.75) is 37.1 Å². The molecule has 1 unspecified atom stereocenters. The number of carbonyl (C=O) groups excluding carboxylic acids is 2. The van der Waals surface area contributed by atoms with E-state index in [-0.39, 0.29) is 28.1 Å². The van der Waals surface area contributed by atoms with Crippen molar-refractivity contribution in [3.05, 3.63) is 59.9 Å². The minimum atomic E-state index is -3.99. The Kier molecular flexibility index (Phi) is 6.71. The van der Waals surface area contributed by atoms with E-state index in [1.54, 1.807) is 4.90 Å². The number of likely N-dealkylation sites (tertiary alicyclic amines) is 1. The summed E-state index contributed by atoms with van der Waals surface area (Å²) in [5.41, 5.74) is 0.196. The Morgan fingerprint density at radius 2 is 1.90 bits per heavy atom. The third kappa shape index (κ3) is 5.35. The van der Waals surface area contributed by atoms with E-state index in [1.807, 2.05) is 6.92 Å². The molecule has 2 aromatic carbocycles. The number of esters is 1. The van der Waals surface area contributed by atoms with E-state index in [0.29, 0.717) is 6.54 Å². The summed E-state index contributed by atoms with van der Waals surface area (Å²) in [5.74, 6) is -1.54. The molecule has 1 fully saturated rings. The number of benzene rings is 2. The van der Waals surface area contributed by atoms with E-state index < -0.39 is 28.4 Å². The molecule has 9 heteroatoms. The lowest BCUT2D eigenvalue weighted by Crippen LogP contribution is -2.44. The number of nitrogens with zero attached hydrogens (tertiary/aromatic N) is 1. The van der Waals surface area contributed by atoms with Crippen molar-refractivity contribution in [3.8, 4) is 0 Å². The minimum absolute atomic E-state index is 0.0106. The molecule has 0 aliphatic carbocycles. The van der Waals surface area contributed by atoms with Gasteiger partial charge in [0.25, 0.3) is 15.9 Å². The van der Waals surface area contributed by atoms with E-state index in [9.17, 15) is 22.4 Å². The highest BCUT2D eigenvalue weighted by Gasteiger charge is 2.24. The lowest BCUT2D eigenvalue weighted by Gasteiger charge is -2.33. The lowest BCUT2D eigenvalue weighted by molar-refractivity contribution is -0.137. The minimum Gasteiger partial charge on any atom is -0.452 e. The fourth-order valence-corrected chi connectivity index (χ4v) is 4.39. The molecule has 0 bridgehead atoms. The molecule has 160 valence electrons. The van der Waals surface area contributed by atoms with Crippen LogP contribution in [0.25, 0.3) is 0 Å². The Balaban J connectivity index is 1.65. The zero-order chi connectivity index (χ0) is 21.7. The number of hydrogen-bond donors (Lipinski definition) is 1. The Labute approximate surface area is 174 Å². The first-order valence-electron chi connectivity index (χ1n) is 9.61. The van der Waals surface area contributed by atoms with Crippen LogP contribution in [0, 0.1) is 5.82 Å². The molecule has 7 nitrogen and oxygen atoms in total. The van der Waals surface area contributed by atoms with Crippen LogP contribution in [0.3, 0.4) is 0 Å². The van der Waals surface area contributed by atoms with Gasteiger partial charge in [0, 0.05) is 18.3 Å². The first-order valence-corrected chi connectivity index (χ1v) is 11.1. The first-order chi connectivity index (χ1) is 14.3. The normalized spacial score (nSPS) is 16.7. The van der Waals surface area contributed by atoms with Gasteiger partial charge in [-0.1, -0.05) is 6.07 Å². The van der Waals surface area contributed by atoms with Gasteiger partial charge in [-0.2, -0.15) is 0 Å². The summed E-state index contributed by atoms with van der Waals surface area (Å²) in [6.45, 7) is 2.20. The Hall–Kier alpha value is -2.94. The van der Waals surface area contributed by atoms with E-state index in [4.69, 9.17) is 4.74 Å². The van der Waals surface area contributed by atoms with Crippen molar-refractivity contribution >= 4 is 27.6 Å². The largest absolute Gasteiger partial charge is 0.452 e. The van der Waals surface area contributed by atoms with Crippen LogP contribution in [0.5, 0.6) is 0 Å². The molecule has 0 aromatic heterocycles. The van der Waals surface area contributed by atoms with E-state index in [2.05, 4.69) is 4.72 Å². The summed E-state index contributed by atoms with van der Waals surface area (Å²) in [5, 5.41) is 0. The van der Waals surface area contributed by atoms with Gasteiger partial charge in [0.1, 0.15) is 5.82 Å². The summed E-state index contributed by atoms with van der Waals surface area (Å²) < 4.78 is 45.5. The molecule has 1 heterocycles. The molecule has 2 aromatic rings. The Bertz CT molecular complexity index is 1020. The van der Waals surface area contributed by atoms with Crippen LogP contribution >= 0.6 is 0 Å². The number of halogens is 1. The standard InChI is InChI=1S/C21H23FN2O5S/c1-15-5-2-3-12-24(15)20(25)14-29-21(26)16-6-4-7-19(13-16)30(27,28)23-18-10-8-17(22)9-11-18/h4,6-11,13,15,23H,2-3,5,12,14H2,1H3. The second-order valence-electron chi connectivity index (χ2n) is 7.15. The number of rotatable bonds is 6. The second-order valence-corrected chi connectivity index (χ2v) is 8.83. The van der Waals surface area contributed by atoms with Gasteiger partial charge in [0.15, 0.2) is 6.61 Å². The van der Waals surface area contributed by atoms with Crippen LogP contribution in [0.15, 0.2) is 53.4 Å². The number of ether oxygens (including phenoxy) is 1. The van der Waals surface area contributed by atoms with Crippen LogP contribution in [0.1, 0.15) is 36.5 Å². The van der Waals surface area contributed by atoms with Gasteiger partial charge in [-0.05, 0) is 68.7 Å². The Morgan fingerprint density at radius 1 is 1.17 bits per heavy atom. The summed E-state index contributed by atoms with van der Waals surface area (Å²) in [6, 6.07) is 10.3. The molecule has 1 saturated heterocycles. The van der Waals surface area contributed by atoms with Gasteiger partial charge in [0.2, 0.25) is 0 Å². The molecular weight excluding hydrogens is 411 g/mol. The molecule has 0 radical (unpaired) electrons. The van der Waals surface area contributed by atoms with Crippen LogP contribution in [-0.4, -0.2) is 44.4 Å². The topological polar surface area (TPSA) is 92.8 Å².